The molecule has 0 spiro atoms. The molecule has 3 aromatic rings. The second-order valence-electron chi connectivity index (χ2n) is 10.2. The van der Waals surface area contributed by atoms with Gasteiger partial charge >= 0.3 is 14.0 Å². The number of rotatable bonds is 9. The van der Waals surface area contributed by atoms with Gasteiger partial charge in [-0.15, -0.1) is 0 Å². The highest BCUT2D eigenvalue weighted by atomic mass is 19.3. The van der Waals surface area contributed by atoms with Crippen LogP contribution in [0.1, 0.15) is 42.6 Å². The number of pyridine rings is 1. The summed E-state index contributed by atoms with van der Waals surface area (Å²) in [6.07, 6.45) is 5.31. The van der Waals surface area contributed by atoms with Gasteiger partial charge in [0.15, 0.2) is 0 Å². The normalized spacial score (nSPS) is 16.4. The number of carbonyl (C=O) groups excluding carboxylic acids is 2. The van der Waals surface area contributed by atoms with Crippen LogP contribution in [0.25, 0.3) is 11.3 Å². The first-order valence-corrected chi connectivity index (χ1v) is 12.9. The van der Waals surface area contributed by atoms with Gasteiger partial charge in [0.1, 0.15) is 17.8 Å². The van der Waals surface area contributed by atoms with Gasteiger partial charge < -0.3 is 29.7 Å². The number of aromatic nitrogens is 3. The maximum absolute atomic E-state index is 13.3. The Morgan fingerprint density at radius 3 is 2.77 bits per heavy atom. The van der Waals surface area contributed by atoms with Crippen molar-refractivity contribution in [2.45, 2.75) is 44.8 Å². The van der Waals surface area contributed by atoms with Gasteiger partial charge in [-0.05, 0) is 43.2 Å². The number of amides is 1. The molecule has 5 rings (SSSR count). The first kappa shape index (κ1) is 27.4. The standard InChI is InChI=1S/C27H28BF2N6O4/c1-27(2)14-36(28-15-37)23-19(27)11-17(13-32-23)20-5-8-31-26(34-20)35-21-4-3-16(12-22(21)40-25(29)30)24(38)33-18-6-9-39-10-7-18/h3-5,8,11-13,15,18,25H,6-7,9-10,14H2,1-2H3,(H,33,38)(H,31,34,35). The lowest BCUT2D eigenvalue weighted by molar-refractivity contribution is -0.0494. The molecule has 2 N–H and O–H groups in total. The Labute approximate surface area is 230 Å². The van der Waals surface area contributed by atoms with E-state index in [1.54, 1.807) is 18.5 Å². The van der Waals surface area contributed by atoms with Crippen molar-refractivity contribution in [3.8, 4) is 17.0 Å². The van der Waals surface area contributed by atoms with Crippen LogP contribution in [-0.2, 0) is 14.9 Å². The lowest BCUT2D eigenvalue weighted by Crippen LogP contribution is -2.38. The third-order valence-electron chi connectivity index (χ3n) is 6.89. The average molecular weight is 549 g/mol. The van der Waals surface area contributed by atoms with E-state index in [1.165, 1.54) is 25.6 Å². The van der Waals surface area contributed by atoms with Crippen LogP contribution in [-0.4, -0.2) is 66.9 Å². The van der Waals surface area contributed by atoms with Crippen LogP contribution in [0.2, 0.25) is 0 Å². The molecule has 1 saturated heterocycles. The number of nitrogens with zero attached hydrogens (tertiary/aromatic N) is 4. The van der Waals surface area contributed by atoms with E-state index in [2.05, 4.69) is 39.4 Å². The molecular weight excluding hydrogens is 521 g/mol. The second-order valence-corrected chi connectivity index (χ2v) is 10.2. The van der Waals surface area contributed by atoms with Gasteiger partial charge in [-0.3, -0.25) is 4.79 Å². The minimum absolute atomic E-state index is 0.0415. The van der Waals surface area contributed by atoms with Gasteiger partial charge in [-0.1, -0.05) is 13.8 Å². The third kappa shape index (κ3) is 6.04. The van der Waals surface area contributed by atoms with Crippen LogP contribution in [0.3, 0.4) is 0 Å². The van der Waals surface area contributed by atoms with E-state index >= 15 is 0 Å². The molecule has 2 aliphatic heterocycles. The molecule has 207 valence electrons. The van der Waals surface area contributed by atoms with Gasteiger partial charge in [0.25, 0.3) is 5.91 Å². The number of fused-ring (bicyclic) bond motifs is 1. The topological polar surface area (TPSA) is 119 Å². The highest BCUT2D eigenvalue weighted by Crippen LogP contribution is 2.40. The van der Waals surface area contributed by atoms with Crippen molar-refractivity contribution in [3.05, 3.63) is 53.9 Å². The molecular formula is C27H28BF2N6O4. The predicted molar refractivity (Wildman–Crippen MR) is 146 cm³/mol. The molecule has 2 aromatic heterocycles. The van der Waals surface area contributed by atoms with Crippen molar-refractivity contribution < 1.29 is 27.8 Å². The van der Waals surface area contributed by atoms with E-state index in [1.807, 2.05) is 10.9 Å². The fourth-order valence-electron chi connectivity index (χ4n) is 4.88. The average Bonchev–Trinajstić information content (AvgIpc) is 3.19. The van der Waals surface area contributed by atoms with Gasteiger partial charge in [-0.25, -0.2) is 15.0 Å². The number of nitrogens with one attached hydrogen (secondary N) is 2. The highest BCUT2D eigenvalue weighted by molar-refractivity contribution is 6.70. The number of carbonyl (C=O) groups is 2. The summed E-state index contributed by atoms with van der Waals surface area (Å²) in [5, 5.41) is 5.84. The van der Waals surface area contributed by atoms with E-state index in [9.17, 15) is 18.4 Å². The Balaban J connectivity index is 1.38. The number of benzene rings is 1. The molecule has 0 saturated carbocycles. The maximum atomic E-state index is 13.3. The summed E-state index contributed by atoms with van der Waals surface area (Å²) in [4.78, 5) is 38.9. The first-order chi connectivity index (χ1) is 19.2. The number of ether oxygens (including phenoxy) is 2. The minimum atomic E-state index is -3.10. The number of halogens is 2. The van der Waals surface area contributed by atoms with Crippen LogP contribution in [0.15, 0.2) is 42.7 Å². The zero-order valence-corrected chi connectivity index (χ0v) is 22.1. The smallest absolute Gasteiger partial charge is 0.387 e. The van der Waals surface area contributed by atoms with Gasteiger partial charge in [0.05, 0.1) is 11.4 Å². The lowest BCUT2D eigenvalue weighted by atomic mass is 9.86. The number of anilines is 3. The van der Waals surface area contributed by atoms with Crippen LogP contribution >= 0.6 is 0 Å². The van der Waals surface area contributed by atoms with Crippen molar-refractivity contribution in [1.82, 2.24) is 20.3 Å². The van der Waals surface area contributed by atoms with Gasteiger partial charge in [0.2, 0.25) is 5.95 Å². The van der Waals surface area contributed by atoms with Crippen LogP contribution < -0.4 is 20.2 Å². The predicted octanol–water partition coefficient (Wildman–Crippen LogP) is 3.70. The van der Waals surface area contributed by atoms with Crippen LogP contribution in [0.4, 0.5) is 26.2 Å². The molecule has 1 fully saturated rings. The Morgan fingerprint density at radius 1 is 1.23 bits per heavy atom. The Kier molecular flexibility index (Phi) is 7.92. The van der Waals surface area contributed by atoms with Crippen LogP contribution in [0.5, 0.6) is 5.75 Å². The fraction of sp³-hybridized carbons (Fsp3) is 0.370. The molecule has 40 heavy (non-hydrogen) atoms. The molecule has 1 radical (unpaired) electrons. The second kappa shape index (κ2) is 11.5. The molecule has 4 heterocycles. The van der Waals surface area contributed by atoms with Crippen molar-refractivity contribution >= 4 is 37.0 Å². The molecule has 10 nitrogen and oxygen atoms in total. The summed E-state index contributed by atoms with van der Waals surface area (Å²) in [6, 6.07) is 7.91. The van der Waals surface area contributed by atoms with E-state index in [-0.39, 0.29) is 40.3 Å². The van der Waals surface area contributed by atoms with Gasteiger partial charge in [-0.2, -0.15) is 8.78 Å². The summed E-state index contributed by atoms with van der Waals surface area (Å²) >= 11 is 0. The van der Waals surface area contributed by atoms with Crippen molar-refractivity contribution in [2.75, 3.05) is 29.9 Å². The summed E-state index contributed by atoms with van der Waals surface area (Å²) in [5.74, 6) is 0.262. The lowest BCUT2D eigenvalue weighted by Gasteiger charge is -2.23. The zero-order chi connectivity index (χ0) is 28.3. The minimum Gasteiger partial charge on any atom is -0.433 e. The summed E-state index contributed by atoms with van der Waals surface area (Å²) in [6.45, 7) is 2.77. The molecule has 0 atom stereocenters. The van der Waals surface area contributed by atoms with E-state index in [0.29, 0.717) is 44.1 Å². The monoisotopic (exact) mass is 549 g/mol. The maximum Gasteiger partial charge on any atom is 0.387 e. The molecule has 13 heteroatoms. The SMILES string of the molecule is CC1(C)CN([B]C=O)c2ncc(-c3ccnc(Nc4ccc(C(=O)NC5CCOCC5)cc4OC(F)F)n3)cc21. The Bertz CT molecular complexity index is 1400. The zero-order valence-electron chi connectivity index (χ0n) is 22.1. The van der Waals surface area contributed by atoms with E-state index in [4.69, 9.17) is 9.47 Å². The van der Waals surface area contributed by atoms with Gasteiger partial charge in [0, 0.05) is 60.3 Å². The van der Waals surface area contributed by atoms with Crippen LogP contribution in [0, 0.1) is 0 Å². The fourth-order valence-corrected chi connectivity index (χ4v) is 4.88. The Morgan fingerprint density at radius 2 is 2.02 bits per heavy atom. The third-order valence-corrected chi connectivity index (χ3v) is 6.89. The molecule has 0 bridgehead atoms. The molecule has 0 aliphatic carbocycles. The summed E-state index contributed by atoms with van der Waals surface area (Å²) in [7, 11) is 1.46. The van der Waals surface area contributed by atoms with Crippen molar-refractivity contribution in [1.29, 1.82) is 0 Å². The van der Waals surface area contributed by atoms with E-state index in [0.717, 1.165) is 17.3 Å². The van der Waals surface area contributed by atoms with Crippen molar-refractivity contribution in [3.63, 3.8) is 0 Å². The molecule has 1 aromatic carbocycles. The number of hydrogen-bond donors (Lipinski definition) is 2. The number of hydrogen-bond acceptors (Lipinski definition) is 9. The molecule has 0 unspecified atom stereocenters. The highest BCUT2D eigenvalue weighted by Gasteiger charge is 2.36. The van der Waals surface area contributed by atoms with E-state index < -0.39 is 6.61 Å². The largest absolute Gasteiger partial charge is 0.433 e. The quantitative estimate of drug-likeness (QED) is 0.304. The molecule has 2 aliphatic rings. The summed E-state index contributed by atoms with van der Waals surface area (Å²) < 4.78 is 36.5. The Hall–Kier alpha value is -4.13. The molecule has 1 amide bonds. The number of alkyl halides is 2. The summed E-state index contributed by atoms with van der Waals surface area (Å²) in [5.41, 5.74) is 2.38. The van der Waals surface area contributed by atoms with Crippen molar-refractivity contribution in [2.24, 2.45) is 0 Å². The first-order valence-electron chi connectivity index (χ1n) is 12.9.